The lowest BCUT2D eigenvalue weighted by molar-refractivity contribution is -0.384. The van der Waals surface area contributed by atoms with Crippen LogP contribution in [-0.4, -0.2) is 43.3 Å². The second-order valence-electron chi connectivity index (χ2n) is 4.84. The molecule has 1 N–H and O–H groups in total. The second-order valence-corrected chi connectivity index (χ2v) is 6.77. The van der Waals surface area contributed by atoms with Gasteiger partial charge in [0, 0.05) is 37.8 Å². The molecule has 110 valence electrons. The molecule has 1 atom stereocenters. The van der Waals surface area contributed by atoms with Crippen LogP contribution in [0.15, 0.2) is 24.3 Å². The summed E-state index contributed by atoms with van der Waals surface area (Å²) in [6, 6.07) is 5.55. The zero-order valence-corrected chi connectivity index (χ0v) is 12.0. The van der Waals surface area contributed by atoms with Gasteiger partial charge in [-0.1, -0.05) is 12.1 Å². The zero-order valence-electron chi connectivity index (χ0n) is 11.2. The van der Waals surface area contributed by atoms with Gasteiger partial charge in [-0.25, -0.2) is 8.42 Å². The minimum absolute atomic E-state index is 0.0401. The van der Waals surface area contributed by atoms with E-state index >= 15 is 0 Å². The van der Waals surface area contributed by atoms with Gasteiger partial charge in [0.25, 0.3) is 5.69 Å². The van der Waals surface area contributed by atoms with Crippen LogP contribution in [0.5, 0.6) is 0 Å². The highest BCUT2D eigenvalue weighted by atomic mass is 32.2. The van der Waals surface area contributed by atoms with Crippen molar-refractivity contribution in [2.45, 2.75) is 18.7 Å². The second kappa shape index (κ2) is 5.86. The highest BCUT2D eigenvalue weighted by molar-refractivity contribution is 7.88. The number of benzene rings is 1. The Morgan fingerprint density at radius 2 is 2.05 bits per heavy atom. The van der Waals surface area contributed by atoms with E-state index in [9.17, 15) is 18.5 Å². The number of hydrogen-bond donors (Lipinski definition) is 1. The molecule has 1 fully saturated rings. The molecule has 8 heteroatoms. The first-order chi connectivity index (χ1) is 9.40. The van der Waals surface area contributed by atoms with E-state index < -0.39 is 14.9 Å². The van der Waals surface area contributed by atoms with Crippen LogP contribution in [0.25, 0.3) is 0 Å². The first-order valence-corrected chi connectivity index (χ1v) is 7.94. The van der Waals surface area contributed by atoms with Crippen molar-refractivity contribution < 1.29 is 13.3 Å². The van der Waals surface area contributed by atoms with Gasteiger partial charge in [-0.15, -0.1) is 0 Å². The Morgan fingerprint density at radius 3 is 2.60 bits per heavy atom. The third-order valence-electron chi connectivity index (χ3n) is 3.29. The summed E-state index contributed by atoms with van der Waals surface area (Å²) in [5.41, 5.74) is 0.517. The largest absolute Gasteiger partial charge is 0.314 e. The lowest BCUT2D eigenvalue weighted by Crippen LogP contribution is -2.52. The Hall–Kier alpha value is -1.51. The zero-order chi connectivity index (χ0) is 14.8. The minimum atomic E-state index is -3.40. The Kier molecular flexibility index (Phi) is 4.36. The molecule has 2 rings (SSSR count). The highest BCUT2D eigenvalue weighted by Gasteiger charge is 2.29. The van der Waals surface area contributed by atoms with Crippen molar-refractivity contribution in [3.63, 3.8) is 0 Å². The number of hydrogen-bond acceptors (Lipinski definition) is 5. The van der Waals surface area contributed by atoms with Gasteiger partial charge < -0.3 is 5.32 Å². The number of nitrogens with zero attached hydrogens (tertiary/aromatic N) is 2. The van der Waals surface area contributed by atoms with Crippen molar-refractivity contribution >= 4 is 15.7 Å². The summed E-state index contributed by atoms with van der Waals surface area (Å²) in [6.07, 6.45) is 0. The normalized spacial score (nSPS) is 20.8. The number of sulfonamides is 1. The molecule has 1 aromatic carbocycles. The number of nitro groups is 1. The quantitative estimate of drug-likeness (QED) is 0.653. The first-order valence-electron chi connectivity index (χ1n) is 6.34. The van der Waals surface area contributed by atoms with Crippen molar-refractivity contribution in [3.8, 4) is 0 Å². The standard InChI is InChI=1S/C12H17N3O4S/c1-10-8-13-6-7-14(10)20(18,19)9-11-2-4-12(5-3-11)15(16)17/h2-5,10,13H,6-9H2,1H3/t10-/m1/s1. The summed E-state index contributed by atoms with van der Waals surface area (Å²) in [7, 11) is -3.40. The van der Waals surface area contributed by atoms with Crippen molar-refractivity contribution in [2.75, 3.05) is 19.6 Å². The summed E-state index contributed by atoms with van der Waals surface area (Å²) < 4.78 is 26.2. The molecule has 0 saturated carbocycles. The van der Waals surface area contributed by atoms with E-state index in [4.69, 9.17) is 0 Å². The molecule has 1 aromatic rings. The summed E-state index contributed by atoms with van der Waals surface area (Å²) in [5.74, 6) is -0.130. The van der Waals surface area contributed by atoms with Gasteiger partial charge in [-0.2, -0.15) is 4.31 Å². The predicted molar refractivity (Wildman–Crippen MR) is 74.8 cm³/mol. The molecule has 0 unspecified atom stereocenters. The van der Waals surface area contributed by atoms with Crippen LogP contribution in [0.3, 0.4) is 0 Å². The lowest BCUT2D eigenvalue weighted by atomic mass is 10.2. The topological polar surface area (TPSA) is 92.6 Å². The third-order valence-corrected chi connectivity index (χ3v) is 5.25. The smallest absolute Gasteiger partial charge is 0.269 e. The Bertz CT molecular complexity index is 585. The molecule has 20 heavy (non-hydrogen) atoms. The van der Waals surface area contributed by atoms with Crippen LogP contribution in [0.1, 0.15) is 12.5 Å². The maximum Gasteiger partial charge on any atom is 0.269 e. The van der Waals surface area contributed by atoms with Gasteiger partial charge in [0.2, 0.25) is 10.0 Å². The molecule has 1 aliphatic heterocycles. The Labute approximate surface area is 117 Å². The van der Waals surface area contributed by atoms with Crippen LogP contribution in [-0.2, 0) is 15.8 Å². The summed E-state index contributed by atoms with van der Waals surface area (Å²) in [4.78, 5) is 10.1. The minimum Gasteiger partial charge on any atom is -0.314 e. The molecule has 0 aliphatic carbocycles. The van der Waals surface area contributed by atoms with Crippen LogP contribution in [0.4, 0.5) is 5.69 Å². The molecule has 7 nitrogen and oxygen atoms in total. The summed E-state index contributed by atoms with van der Waals surface area (Å²) in [5, 5.41) is 13.7. The maximum absolute atomic E-state index is 12.3. The van der Waals surface area contributed by atoms with Gasteiger partial charge in [0.05, 0.1) is 10.7 Å². The van der Waals surface area contributed by atoms with Crippen molar-refractivity contribution in [1.82, 2.24) is 9.62 Å². The lowest BCUT2D eigenvalue weighted by Gasteiger charge is -2.32. The maximum atomic E-state index is 12.3. The molecular formula is C12H17N3O4S. The molecule has 0 radical (unpaired) electrons. The molecule has 0 spiro atoms. The SMILES string of the molecule is C[C@@H]1CNCCN1S(=O)(=O)Cc1ccc([N+](=O)[O-])cc1. The van der Waals surface area contributed by atoms with E-state index in [2.05, 4.69) is 5.32 Å². The van der Waals surface area contributed by atoms with E-state index in [0.29, 0.717) is 25.2 Å². The van der Waals surface area contributed by atoms with E-state index in [0.717, 1.165) is 0 Å². The van der Waals surface area contributed by atoms with Crippen LogP contribution >= 0.6 is 0 Å². The molecular weight excluding hydrogens is 282 g/mol. The van der Waals surface area contributed by atoms with Crippen LogP contribution < -0.4 is 5.32 Å². The fourth-order valence-corrected chi connectivity index (χ4v) is 4.01. The van der Waals surface area contributed by atoms with E-state index in [1.165, 1.54) is 28.6 Å². The molecule has 1 saturated heterocycles. The summed E-state index contributed by atoms with van der Waals surface area (Å²) >= 11 is 0. The molecule has 0 aromatic heterocycles. The van der Waals surface area contributed by atoms with E-state index in [1.807, 2.05) is 6.92 Å². The fourth-order valence-electron chi connectivity index (χ4n) is 2.24. The number of nitro benzene ring substituents is 1. The number of rotatable bonds is 4. The number of piperazine rings is 1. The molecule has 1 heterocycles. The average molecular weight is 299 g/mol. The highest BCUT2D eigenvalue weighted by Crippen LogP contribution is 2.18. The van der Waals surface area contributed by atoms with E-state index in [-0.39, 0.29) is 17.5 Å². The summed E-state index contributed by atoms with van der Waals surface area (Å²) in [6.45, 7) is 3.60. The molecule has 0 amide bonds. The van der Waals surface area contributed by atoms with Gasteiger partial charge in [0.1, 0.15) is 0 Å². The number of non-ortho nitro benzene ring substituents is 1. The van der Waals surface area contributed by atoms with Gasteiger partial charge >= 0.3 is 0 Å². The van der Waals surface area contributed by atoms with Gasteiger partial charge in [-0.05, 0) is 12.5 Å². The van der Waals surface area contributed by atoms with Crippen molar-refractivity contribution in [2.24, 2.45) is 0 Å². The average Bonchev–Trinajstić information content (AvgIpc) is 2.39. The van der Waals surface area contributed by atoms with E-state index in [1.54, 1.807) is 0 Å². The van der Waals surface area contributed by atoms with Crippen molar-refractivity contribution in [3.05, 3.63) is 39.9 Å². The van der Waals surface area contributed by atoms with Crippen molar-refractivity contribution in [1.29, 1.82) is 0 Å². The monoisotopic (exact) mass is 299 g/mol. The van der Waals surface area contributed by atoms with Crippen LogP contribution in [0, 0.1) is 10.1 Å². The first kappa shape index (κ1) is 14.9. The van der Waals surface area contributed by atoms with Gasteiger partial charge in [0.15, 0.2) is 0 Å². The third kappa shape index (κ3) is 3.33. The Morgan fingerprint density at radius 1 is 1.40 bits per heavy atom. The fraction of sp³-hybridized carbons (Fsp3) is 0.500. The predicted octanol–water partition coefficient (Wildman–Crippen LogP) is 0.718. The molecule has 1 aliphatic rings. The van der Waals surface area contributed by atoms with Gasteiger partial charge in [-0.3, -0.25) is 10.1 Å². The number of nitrogens with one attached hydrogen (secondary N) is 1. The Balaban J connectivity index is 2.13. The van der Waals surface area contributed by atoms with Crippen LogP contribution in [0.2, 0.25) is 0 Å². The molecule has 0 bridgehead atoms.